The Balaban J connectivity index is 1.55. The lowest BCUT2D eigenvalue weighted by molar-refractivity contribution is 0.0336. The van der Waals surface area contributed by atoms with Crippen molar-refractivity contribution in [3.05, 3.63) is 112 Å². The predicted molar refractivity (Wildman–Crippen MR) is 126 cm³/mol. The number of nitrogens with one attached hydrogen (secondary N) is 2. The predicted octanol–water partition coefficient (Wildman–Crippen LogP) is 4.52. The molecule has 166 valence electrons. The molecule has 2 aliphatic heterocycles. The van der Waals surface area contributed by atoms with Crippen LogP contribution in [0.1, 0.15) is 28.7 Å². The van der Waals surface area contributed by atoms with Gasteiger partial charge in [0.2, 0.25) is 5.88 Å². The number of benzene rings is 3. The molecule has 0 amide bonds. The van der Waals surface area contributed by atoms with Crippen LogP contribution in [-0.4, -0.2) is 6.23 Å². The fraction of sp³-hybridized carbons (Fsp3) is 0.192. The summed E-state index contributed by atoms with van der Waals surface area (Å²) in [5.74, 6) is 0.360. The number of hydrogen-bond acceptors (Lipinski definition) is 6. The number of nitriles is 1. The third-order valence-corrected chi connectivity index (χ3v) is 6.57. The quantitative estimate of drug-likeness (QED) is 0.520. The van der Waals surface area contributed by atoms with Crippen LogP contribution < -0.4 is 21.3 Å². The maximum atomic E-state index is 10.0. The number of ether oxygens (including phenoxy) is 2. The summed E-state index contributed by atoms with van der Waals surface area (Å²) in [6.45, 7) is 0.313. The Bertz CT molecular complexity index is 1220. The number of nitrogens with two attached hydrogens (primary N) is 1. The zero-order valence-corrected chi connectivity index (χ0v) is 18.5. The number of para-hydroxylation sites is 1. The molecule has 0 aliphatic carbocycles. The SMILES string of the molecule is N#CC1=C(N)OC2NNC(c3ccccc3)C2C1c1ccccc1OCc1ccccc1Cl. The van der Waals surface area contributed by atoms with Crippen LogP contribution in [0.4, 0.5) is 0 Å². The van der Waals surface area contributed by atoms with Gasteiger partial charge in [-0.2, -0.15) is 5.26 Å². The van der Waals surface area contributed by atoms with Crippen LogP contribution in [-0.2, 0) is 11.3 Å². The number of nitrogens with zero attached hydrogens (tertiary/aromatic N) is 1. The van der Waals surface area contributed by atoms with Crippen LogP contribution in [0.5, 0.6) is 5.75 Å². The van der Waals surface area contributed by atoms with Crippen molar-refractivity contribution < 1.29 is 9.47 Å². The molecule has 0 aromatic heterocycles. The van der Waals surface area contributed by atoms with Crippen LogP contribution in [0.2, 0.25) is 5.02 Å². The molecule has 1 fully saturated rings. The lowest BCUT2D eigenvalue weighted by atomic mass is 9.74. The Morgan fingerprint density at radius 1 is 0.970 bits per heavy atom. The second kappa shape index (κ2) is 9.16. The van der Waals surface area contributed by atoms with Gasteiger partial charge in [-0.05, 0) is 17.7 Å². The van der Waals surface area contributed by atoms with E-state index in [0.717, 1.165) is 16.7 Å². The van der Waals surface area contributed by atoms with E-state index in [1.165, 1.54) is 0 Å². The minimum absolute atomic E-state index is 0.0886. The van der Waals surface area contributed by atoms with Crippen molar-refractivity contribution in [2.75, 3.05) is 0 Å². The van der Waals surface area contributed by atoms with Crippen molar-refractivity contribution in [1.29, 1.82) is 5.26 Å². The molecule has 0 spiro atoms. The summed E-state index contributed by atoms with van der Waals surface area (Å²) < 4.78 is 12.1. The van der Waals surface area contributed by atoms with E-state index in [4.69, 9.17) is 26.8 Å². The Morgan fingerprint density at radius 2 is 1.70 bits per heavy atom. The molecule has 3 aromatic rings. The van der Waals surface area contributed by atoms with Crippen molar-refractivity contribution in [2.45, 2.75) is 24.8 Å². The molecule has 0 saturated carbocycles. The van der Waals surface area contributed by atoms with Gasteiger partial charge >= 0.3 is 0 Å². The summed E-state index contributed by atoms with van der Waals surface area (Å²) in [7, 11) is 0. The summed E-state index contributed by atoms with van der Waals surface area (Å²) in [5, 5.41) is 10.7. The maximum Gasteiger partial charge on any atom is 0.200 e. The van der Waals surface area contributed by atoms with Crippen molar-refractivity contribution in [2.24, 2.45) is 11.7 Å². The monoisotopic (exact) mass is 458 g/mol. The Hall–Kier alpha value is -3.50. The molecule has 7 heteroatoms. The number of halogens is 1. The van der Waals surface area contributed by atoms with Crippen molar-refractivity contribution in [3.8, 4) is 11.8 Å². The van der Waals surface area contributed by atoms with Gasteiger partial charge in [-0.1, -0.05) is 78.3 Å². The third kappa shape index (κ3) is 4.03. The summed E-state index contributed by atoms with van der Waals surface area (Å²) in [6, 6.07) is 27.7. The lowest BCUT2D eigenvalue weighted by Gasteiger charge is -2.36. The van der Waals surface area contributed by atoms with E-state index in [9.17, 15) is 5.26 Å². The molecule has 6 nitrogen and oxygen atoms in total. The smallest absolute Gasteiger partial charge is 0.200 e. The van der Waals surface area contributed by atoms with E-state index in [1.807, 2.05) is 66.7 Å². The van der Waals surface area contributed by atoms with Gasteiger partial charge in [-0.15, -0.1) is 0 Å². The molecule has 4 N–H and O–H groups in total. The van der Waals surface area contributed by atoms with Crippen LogP contribution in [0.25, 0.3) is 0 Å². The first kappa shape index (κ1) is 21.4. The zero-order chi connectivity index (χ0) is 22.8. The highest BCUT2D eigenvalue weighted by Gasteiger charge is 2.49. The maximum absolute atomic E-state index is 10.0. The van der Waals surface area contributed by atoms with Gasteiger partial charge in [0.25, 0.3) is 0 Å². The third-order valence-electron chi connectivity index (χ3n) is 6.21. The van der Waals surface area contributed by atoms with E-state index >= 15 is 0 Å². The number of fused-ring (bicyclic) bond motifs is 1. The average molecular weight is 459 g/mol. The summed E-state index contributed by atoms with van der Waals surface area (Å²) >= 11 is 6.32. The standard InChI is InChI=1S/C26H23ClN4O2/c27-20-12-6-4-10-17(20)15-32-21-13-7-5-11-18(21)22-19(14-28)25(29)33-26-23(22)24(30-31-26)16-8-2-1-3-9-16/h1-13,22-24,26,30-31H,15,29H2. The van der Waals surface area contributed by atoms with E-state index in [0.29, 0.717) is 23.0 Å². The first-order valence-corrected chi connectivity index (χ1v) is 11.1. The number of rotatable bonds is 5. The first-order chi connectivity index (χ1) is 16.2. The van der Waals surface area contributed by atoms with Gasteiger partial charge in [0.15, 0.2) is 6.23 Å². The number of hydrogen-bond donors (Lipinski definition) is 3. The minimum Gasteiger partial charge on any atom is -0.489 e. The van der Waals surface area contributed by atoms with Crippen molar-refractivity contribution >= 4 is 11.6 Å². The molecule has 33 heavy (non-hydrogen) atoms. The van der Waals surface area contributed by atoms with Gasteiger partial charge in [0.1, 0.15) is 18.4 Å². The summed E-state index contributed by atoms with van der Waals surface area (Å²) in [5.41, 5.74) is 16.0. The first-order valence-electron chi connectivity index (χ1n) is 10.7. The molecule has 4 atom stereocenters. The highest BCUT2D eigenvalue weighted by atomic mass is 35.5. The number of hydrazine groups is 1. The second-order valence-corrected chi connectivity index (χ2v) is 8.49. The van der Waals surface area contributed by atoms with Crippen LogP contribution in [0.3, 0.4) is 0 Å². The topological polar surface area (TPSA) is 92.3 Å². The van der Waals surface area contributed by atoms with E-state index in [1.54, 1.807) is 0 Å². The lowest BCUT2D eigenvalue weighted by Crippen LogP contribution is -2.41. The molecule has 2 heterocycles. The fourth-order valence-electron chi connectivity index (χ4n) is 4.65. The van der Waals surface area contributed by atoms with Gasteiger partial charge in [0, 0.05) is 28.0 Å². The van der Waals surface area contributed by atoms with Crippen molar-refractivity contribution in [1.82, 2.24) is 10.9 Å². The van der Waals surface area contributed by atoms with Crippen LogP contribution in [0.15, 0.2) is 90.3 Å². The van der Waals surface area contributed by atoms with E-state index in [2.05, 4.69) is 29.1 Å². The zero-order valence-electron chi connectivity index (χ0n) is 17.7. The molecule has 1 saturated heterocycles. The minimum atomic E-state index is -0.395. The van der Waals surface area contributed by atoms with E-state index < -0.39 is 6.23 Å². The highest BCUT2D eigenvalue weighted by Crippen LogP contribution is 2.49. The normalized spacial score (nSPS) is 24.0. The summed E-state index contributed by atoms with van der Waals surface area (Å²) in [6.07, 6.45) is -0.395. The fourth-order valence-corrected chi connectivity index (χ4v) is 4.84. The Kier molecular flexibility index (Phi) is 5.93. The molecule has 2 aliphatic rings. The molecule has 0 bridgehead atoms. The van der Waals surface area contributed by atoms with Crippen LogP contribution >= 0.6 is 11.6 Å². The molecule has 4 unspecified atom stereocenters. The van der Waals surface area contributed by atoms with Crippen molar-refractivity contribution in [3.63, 3.8) is 0 Å². The molecule has 5 rings (SSSR count). The Morgan fingerprint density at radius 3 is 2.48 bits per heavy atom. The average Bonchev–Trinajstić information content (AvgIpc) is 3.27. The van der Waals surface area contributed by atoms with Gasteiger partial charge in [-0.25, -0.2) is 10.9 Å². The van der Waals surface area contributed by atoms with E-state index in [-0.39, 0.29) is 23.8 Å². The largest absolute Gasteiger partial charge is 0.489 e. The number of allylic oxidation sites excluding steroid dienone is 1. The summed E-state index contributed by atoms with van der Waals surface area (Å²) in [4.78, 5) is 0. The van der Waals surface area contributed by atoms with Gasteiger partial charge < -0.3 is 15.2 Å². The second-order valence-electron chi connectivity index (χ2n) is 8.08. The molecular formula is C26H23ClN4O2. The van der Waals surface area contributed by atoms with Gasteiger partial charge in [-0.3, -0.25) is 0 Å². The molecule has 3 aromatic carbocycles. The molecule has 0 radical (unpaired) electrons. The highest BCUT2D eigenvalue weighted by molar-refractivity contribution is 6.31. The van der Waals surface area contributed by atoms with Gasteiger partial charge in [0.05, 0.1) is 11.6 Å². The molecular weight excluding hydrogens is 436 g/mol. The Labute approximate surface area is 197 Å². The van der Waals surface area contributed by atoms with Crippen LogP contribution in [0, 0.1) is 17.2 Å².